The second kappa shape index (κ2) is 5.11. The lowest BCUT2D eigenvalue weighted by Gasteiger charge is -1.98. The molecule has 0 radical (unpaired) electrons. The number of hydrogen-bond donors (Lipinski definition) is 1. The molecule has 0 unspecified atom stereocenters. The Kier molecular flexibility index (Phi) is 3.72. The van der Waals surface area contributed by atoms with Gasteiger partial charge in [-0.05, 0) is 18.7 Å². The first-order valence-corrected chi connectivity index (χ1v) is 6.15. The summed E-state index contributed by atoms with van der Waals surface area (Å²) in [5, 5.41) is 2.21. The number of nitrogens with zero attached hydrogens (tertiary/aromatic N) is 1. The minimum atomic E-state index is -4.40. The highest BCUT2D eigenvalue weighted by Gasteiger charge is 2.34. The standard InChI is InChI=1S/C11H11F3N2OS/c1-2-15-5-7-3-4-8(17-7)9-6-16-10(18-9)11(12,13)14/h3-4,6,15H,2,5H2,1H3. The largest absolute Gasteiger partial charge is 0.459 e. The summed E-state index contributed by atoms with van der Waals surface area (Å²) in [6.07, 6.45) is -3.22. The monoisotopic (exact) mass is 276 g/mol. The van der Waals surface area contributed by atoms with Crippen molar-refractivity contribution in [1.29, 1.82) is 0 Å². The van der Waals surface area contributed by atoms with Crippen LogP contribution in [-0.4, -0.2) is 11.5 Å². The fourth-order valence-corrected chi connectivity index (χ4v) is 2.12. The average molecular weight is 276 g/mol. The quantitative estimate of drug-likeness (QED) is 0.928. The molecular formula is C11H11F3N2OS. The fraction of sp³-hybridized carbons (Fsp3) is 0.364. The molecule has 3 nitrogen and oxygen atoms in total. The molecule has 2 rings (SSSR count). The zero-order valence-corrected chi connectivity index (χ0v) is 10.4. The molecule has 0 atom stereocenters. The molecule has 0 aliphatic carbocycles. The van der Waals surface area contributed by atoms with Crippen LogP contribution in [0.5, 0.6) is 0 Å². The van der Waals surface area contributed by atoms with Gasteiger partial charge in [-0.15, -0.1) is 11.3 Å². The minimum absolute atomic E-state index is 0.380. The van der Waals surface area contributed by atoms with Crippen LogP contribution in [0.2, 0.25) is 0 Å². The second-order valence-electron chi connectivity index (χ2n) is 3.57. The number of nitrogens with one attached hydrogen (secondary N) is 1. The molecule has 0 saturated heterocycles. The summed E-state index contributed by atoms with van der Waals surface area (Å²) in [6, 6.07) is 3.39. The Labute approximate surface area is 106 Å². The molecule has 7 heteroatoms. The molecule has 18 heavy (non-hydrogen) atoms. The lowest BCUT2D eigenvalue weighted by Crippen LogP contribution is -2.10. The Bertz CT molecular complexity index is 518. The first kappa shape index (κ1) is 13.1. The maximum absolute atomic E-state index is 12.4. The summed E-state index contributed by atoms with van der Waals surface area (Å²) in [7, 11) is 0. The molecule has 1 N–H and O–H groups in total. The van der Waals surface area contributed by atoms with Crippen molar-refractivity contribution in [3.05, 3.63) is 29.1 Å². The van der Waals surface area contributed by atoms with Crippen molar-refractivity contribution in [2.75, 3.05) is 6.54 Å². The van der Waals surface area contributed by atoms with E-state index < -0.39 is 11.2 Å². The molecule has 0 saturated carbocycles. The fourth-order valence-electron chi connectivity index (χ4n) is 1.37. The highest BCUT2D eigenvalue weighted by atomic mass is 32.1. The first-order chi connectivity index (χ1) is 8.50. The van der Waals surface area contributed by atoms with Gasteiger partial charge in [0, 0.05) is 6.20 Å². The molecule has 0 aliphatic heterocycles. The van der Waals surface area contributed by atoms with Gasteiger partial charge < -0.3 is 9.73 Å². The molecule has 2 aromatic rings. The van der Waals surface area contributed by atoms with Crippen LogP contribution in [-0.2, 0) is 12.7 Å². The molecule has 0 amide bonds. The van der Waals surface area contributed by atoms with E-state index in [-0.39, 0.29) is 0 Å². The Morgan fingerprint density at radius 3 is 2.78 bits per heavy atom. The maximum Gasteiger partial charge on any atom is 0.443 e. The highest BCUT2D eigenvalue weighted by Crippen LogP contribution is 2.36. The summed E-state index contributed by atoms with van der Waals surface area (Å²) in [4.78, 5) is 3.73. The minimum Gasteiger partial charge on any atom is -0.459 e. The number of rotatable bonds is 4. The number of furan rings is 1. The van der Waals surface area contributed by atoms with E-state index in [0.717, 1.165) is 6.54 Å². The van der Waals surface area contributed by atoms with Gasteiger partial charge in [0.25, 0.3) is 0 Å². The normalized spacial score (nSPS) is 12.0. The van der Waals surface area contributed by atoms with E-state index in [4.69, 9.17) is 4.42 Å². The molecule has 2 aromatic heterocycles. The van der Waals surface area contributed by atoms with Gasteiger partial charge in [0.05, 0.1) is 11.4 Å². The van der Waals surface area contributed by atoms with Crippen molar-refractivity contribution in [3.8, 4) is 10.6 Å². The number of alkyl halides is 3. The molecule has 0 aliphatic rings. The van der Waals surface area contributed by atoms with E-state index in [1.54, 1.807) is 12.1 Å². The van der Waals surface area contributed by atoms with Crippen molar-refractivity contribution in [1.82, 2.24) is 10.3 Å². The number of halogens is 3. The number of hydrogen-bond acceptors (Lipinski definition) is 4. The Morgan fingerprint density at radius 1 is 1.39 bits per heavy atom. The average Bonchev–Trinajstić information content (AvgIpc) is 2.93. The van der Waals surface area contributed by atoms with Crippen molar-refractivity contribution in [2.24, 2.45) is 0 Å². The van der Waals surface area contributed by atoms with Crippen molar-refractivity contribution < 1.29 is 17.6 Å². The zero-order valence-electron chi connectivity index (χ0n) is 9.54. The van der Waals surface area contributed by atoms with Gasteiger partial charge >= 0.3 is 6.18 Å². The second-order valence-corrected chi connectivity index (χ2v) is 4.60. The van der Waals surface area contributed by atoms with Gasteiger partial charge in [-0.2, -0.15) is 13.2 Å². The molecule has 2 heterocycles. The Balaban J connectivity index is 2.16. The summed E-state index contributed by atoms with van der Waals surface area (Å²) in [5.41, 5.74) is 0. The lowest BCUT2D eigenvalue weighted by atomic mass is 10.4. The number of aromatic nitrogens is 1. The highest BCUT2D eigenvalue weighted by molar-refractivity contribution is 7.15. The van der Waals surface area contributed by atoms with Crippen LogP contribution in [0, 0.1) is 0 Å². The first-order valence-electron chi connectivity index (χ1n) is 5.33. The van der Waals surface area contributed by atoms with Crippen LogP contribution in [0.15, 0.2) is 22.7 Å². The van der Waals surface area contributed by atoms with Gasteiger partial charge in [-0.3, -0.25) is 0 Å². The molecule has 0 fully saturated rings. The van der Waals surface area contributed by atoms with E-state index in [1.165, 1.54) is 6.20 Å². The summed E-state index contributed by atoms with van der Waals surface area (Å²) < 4.78 is 42.6. The van der Waals surface area contributed by atoms with Crippen molar-refractivity contribution in [3.63, 3.8) is 0 Å². The summed E-state index contributed by atoms with van der Waals surface area (Å²) in [6.45, 7) is 3.32. The lowest BCUT2D eigenvalue weighted by molar-refractivity contribution is -0.137. The van der Waals surface area contributed by atoms with Gasteiger partial charge in [-0.1, -0.05) is 6.92 Å². The van der Waals surface area contributed by atoms with Crippen molar-refractivity contribution in [2.45, 2.75) is 19.6 Å². The van der Waals surface area contributed by atoms with Crippen LogP contribution in [0.3, 0.4) is 0 Å². The van der Waals surface area contributed by atoms with E-state index in [2.05, 4.69) is 10.3 Å². The van der Waals surface area contributed by atoms with E-state index in [1.807, 2.05) is 6.92 Å². The topological polar surface area (TPSA) is 38.1 Å². The van der Waals surface area contributed by atoms with E-state index in [0.29, 0.717) is 34.3 Å². The predicted molar refractivity (Wildman–Crippen MR) is 62.2 cm³/mol. The van der Waals surface area contributed by atoms with E-state index >= 15 is 0 Å². The van der Waals surface area contributed by atoms with E-state index in [9.17, 15) is 13.2 Å². The molecular weight excluding hydrogens is 265 g/mol. The number of thiazole rings is 1. The van der Waals surface area contributed by atoms with Crippen LogP contribution in [0.1, 0.15) is 17.7 Å². The van der Waals surface area contributed by atoms with Crippen molar-refractivity contribution >= 4 is 11.3 Å². The third kappa shape index (κ3) is 2.91. The third-order valence-corrected chi connectivity index (χ3v) is 3.26. The van der Waals surface area contributed by atoms with Gasteiger partial charge in [0.2, 0.25) is 0 Å². The van der Waals surface area contributed by atoms with Crippen LogP contribution < -0.4 is 5.32 Å². The maximum atomic E-state index is 12.4. The van der Waals surface area contributed by atoms with Gasteiger partial charge in [-0.25, -0.2) is 4.98 Å². The van der Waals surface area contributed by atoms with Crippen LogP contribution in [0.25, 0.3) is 10.6 Å². The molecule has 0 bridgehead atoms. The Morgan fingerprint density at radius 2 is 2.17 bits per heavy atom. The van der Waals surface area contributed by atoms with Gasteiger partial charge in [0.1, 0.15) is 11.5 Å². The molecule has 0 aromatic carbocycles. The zero-order chi connectivity index (χ0) is 13.2. The third-order valence-electron chi connectivity index (χ3n) is 2.20. The van der Waals surface area contributed by atoms with Crippen LogP contribution >= 0.6 is 11.3 Å². The SMILES string of the molecule is CCNCc1ccc(-c2cnc(C(F)(F)F)s2)o1. The molecule has 98 valence electrons. The van der Waals surface area contributed by atoms with Crippen LogP contribution in [0.4, 0.5) is 13.2 Å². The smallest absolute Gasteiger partial charge is 0.443 e. The Hall–Kier alpha value is -1.34. The molecule has 0 spiro atoms. The summed E-state index contributed by atoms with van der Waals surface area (Å²) in [5.74, 6) is 1.10. The van der Waals surface area contributed by atoms with Gasteiger partial charge in [0.15, 0.2) is 5.01 Å². The summed E-state index contributed by atoms with van der Waals surface area (Å²) >= 11 is 0.580. The predicted octanol–water partition coefficient (Wildman–Crippen LogP) is 3.53.